The van der Waals surface area contributed by atoms with E-state index >= 15 is 0 Å². The van der Waals surface area contributed by atoms with Gasteiger partial charge in [-0.25, -0.2) is 9.97 Å². The number of nitrogens with zero attached hydrogens (tertiary/aromatic N) is 8. The predicted molar refractivity (Wildman–Crippen MR) is 113 cm³/mol. The number of anilines is 2. The third-order valence-electron chi connectivity index (χ3n) is 6.00. The van der Waals surface area contributed by atoms with Crippen molar-refractivity contribution in [3.63, 3.8) is 0 Å². The van der Waals surface area contributed by atoms with Gasteiger partial charge in [0.05, 0.1) is 29.7 Å². The zero-order chi connectivity index (χ0) is 20.7. The van der Waals surface area contributed by atoms with Gasteiger partial charge in [0.2, 0.25) is 0 Å². The molecule has 0 N–H and O–H groups in total. The molecule has 154 valence electrons. The van der Waals surface area contributed by atoms with Gasteiger partial charge < -0.3 is 14.7 Å². The fourth-order valence-corrected chi connectivity index (χ4v) is 4.32. The van der Waals surface area contributed by atoms with E-state index in [-0.39, 0.29) is 11.9 Å². The average molecular weight is 404 g/mol. The summed E-state index contributed by atoms with van der Waals surface area (Å²) in [6.07, 6.45) is 5.89. The molecule has 0 spiro atoms. The molecule has 30 heavy (non-hydrogen) atoms. The first-order chi connectivity index (χ1) is 14.6. The fourth-order valence-electron chi connectivity index (χ4n) is 4.32. The van der Waals surface area contributed by atoms with Crippen LogP contribution in [0.4, 0.5) is 11.6 Å². The molecule has 9 heteroatoms. The molecule has 5 rings (SSSR count). The van der Waals surface area contributed by atoms with Crippen molar-refractivity contribution < 1.29 is 4.79 Å². The van der Waals surface area contributed by atoms with E-state index in [1.807, 2.05) is 54.2 Å². The molecule has 0 bridgehead atoms. The molecule has 2 fully saturated rings. The van der Waals surface area contributed by atoms with Gasteiger partial charge in [-0.05, 0) is 18.6 Å². The Morgan fingerprint density at radius 2 is 1.90 bits per heavy atom. The molecule has 2 aliphatic heterocycles. The van der Waals surface area contributed by atoms with Crippen LogP contribution in [0.25, 0.3) is 5.69 Å². The highest BCUT2D eigenvalue weighted by Crippen LogP contribution is 2.35. The van der Waals surface area contributed by atoms with Crippen molar-refractivity contribution in [1.29, 1.82) is 0 Å². The molecule has 3 aromatic rings. The first-order valence-electron chi connectivity index (χ1n) is 10.1. The molecule has 2 aliphatic rings. The summed E-state index contributed by atoms with van der Waals surface area (Å²) in [6.45, 7) is 2.52. The topological polar surface area (TPSA) is 83.3 Å². The minimum absolute atomic E-state index is 0.0302. The highest BCUT2D eigenvalue weighted by molar-refractivity contribution is 5.98. The number of carbonyl (C=O) groups is 1. The van der Waals surface area contributed by atoms with Gasteiger partial charge in [0.25, 0.3) is 5.91 Å². The number of benzene rings is 1. The Morgan fingerprint density at radius 3 is 2.70 bits per heavy atom. The summed E-state index contributed by atoms with van der Waals surface area (Å²) in [4.78, 5) is 29.9. The standard InChI is InChI=1S/C21H24N8O/c1-26(2)19-11-20(23-14-22-19)27-10-7-15-12-28(18(15)13-27)21(30)16-5-3-4-6-17(16)29-24-8-9-25-29/h3-6,8-9,11,14-15,18H,7,10,12-13H2,1-2H3/t15-,18-/m1/s1. The molecule has 1 amide bonds. The van der Waals surface area contributed by atoms with Crippen molar-refractivity contribution in [3.8, 4) is 5.69 Å². The fraction of sp³-hybridized carbons (Fsp3) is 0.381. The summed E-state index contributed by atoms with van der Waals surface area (Å²) in [6, 6.07) is 9.69. The van der Waals surface area contributed by atoms with Gasteiger partial charge in [-0.3, -0.25) is 4.79 Å². The van der Waals surface area contributed by atoms with E-state index in [1.165, 1.54) is 4.80 Å². The summed E-state index contributed by atoms with van der Waals surface area (Å²) in [7, 11) is 3.94. The normalized spacial score (nSPS) is 20.5. The molecule has 2 aromatic heterocycles. The molecule has 2 atom stereocenters. The Morgan fingerprint density at radius 1 is 1.10 bits per heavy atom. The first kappa shape index (κ1) is 18.5. The Balaban J connectivity index is 1.36. The molecule has 4 heterocycles. The Bertz CT molecular complexity index is 1050. The summed E-state index contributed by atoms with van der Waals surface area (Å²) < 4.78 is 0. The number of amides is 1. The quantitative estimate of drug-likeness (QED) is 0.651. The largest absolute Gasteiger partial charge is 0.363 e. The van der Waals surface area contributed by atoms with Gasteiger partial charge in [0.1, 0.15) is 18.0 Å². The third-order valence-corrected chi connectivity index (χ3v) is 6.00. The zero-order valence-corrected chi connectivity index (χ0v) is 17.1. The molecular weight excluding hydrogens is 380 g/mol. The highest BCUT2D eigenvalue weighted by atomic mass is 16.2. The van der Waals surface area contributed by atoms with Crippen LogP contribution >= 0.6 is 0 Å². The molecule has 1 aromatic carbocycles. The minimum atomic E-state index is 0.0302. The van der Waals surface area contributed by atoms with E-state index < -0.39 is 0 Å². The van der Waals surface area contributed by atoms with Crippen LogP contribution in [0, 0.1) is 5.92 Å². The lowest BCUT2D eigenvalue weighted by atomic mass is 9.81. The number of piperidine rings is 1. The number of para-hydroxylation sites is 1. The zero-order valence-electron chi connectivity index (χ0n) is 17.1. The van der Waals surface area contributed by atoms with E-state index in [0.29, 0.717) is 17.2 Å². The van der Waals surface area contributed by atoms with Crippen LogP contribution in [0.2, 0.25) is 0 Å². The van der Waals surface area contributed by atoms with E-state index in [4.69, 9.17) is 0 Å². The van der Waals surface area contributed by atoms with Crippen LogP contribution in [0.3, 0.4) is 0 Å². The lowest BCUT2D eigenvalue weighted by molar-refractivity contribution is 0.00778. The van der Waals surface area contributed by atoms with Crippen LogP contribution in [-0.4, -0.2) is 75.5 Å². The molecule has 9 nitrogen and oxygen atoms in total. The Kier molecular flexibility index (Phi) is 4.57. The maximum Gasteiger partial charge on any atom is 0.256 e. The van der Waals surface area contributed by atoms with Gasteiger partial charge in [-0.15, -0.1) is 0 Å². The number of fused-ring (bicyclic) bond motifs is 1. The van der Waals surface area contributed by atoms with Crippen molar-refractivity contribution in [2.24, 2.45) is 5.92 Å². The number of hydrogen-bond donors (Lipinski definition) is 0. The maximum absolute atomic E-state index is 13.4. The predicted octanol–water partition coefficient (Wildman–Crippen LogP) is 1.47. The van der Waals surface area contributed by atoms with Crippen molar-refractivity contribution in [2.75, 3.05) is 43.5 Å². The second-order valence-corrected chi connectivity index (χ2v) is 7.98. The number of rotatable bonds is 4. The van der Waals surface area contributed by atoms with Gasteiger partial charge in [-0.2, -0.15) is 15.0 Å². The summed E-state index contributed by atoms with van der Waals surface area (Å²) in [5, 5.41) is 8.39. The van der Waals surface area contributed by atoms with E-state index in [2.05, 4.69) is 25.1 Å². The number of hydrogen-bond acceptors (Lipinski definition) is 7. The Labute approximate surface area is 174 Å². The monoisotopic (exact) mass is 404 g/mol. The molecule has 0 aliphatic carbocycles. The molecule has 0 radical (unpaired) electrons. The van der Waals surface area contributed by atoms with Crippen LogP contribution < -0.4 is 9.80 Å². The number of likely N-dealkylation sites (tertiary alicyclic amines) is 1. The second kappa shape index (κ2) is 7.40. The van der Waals surface area contributed by atoms with Gasteiger partial charge in [0, 0.05) is 45.7 Å². The average Bonchev–Trinajstić information content (AvgIpc) is 3.29. The lowest BCUT2D eigenvalue weighted by Crippen LogP contribution is -2.65. The SMILES string of the molecule is CN(C)c1cc(N2CC[C@@H]3CN(C(=O)c4ccccc4-n4nccn4)[C@@H]3C2)ncn1. The van der Waals surface area contributed by atoms with E-state index in [9.17, 15) is 4.79 Å². The highest BCUT2D eigenvalue weighted by Gasteiger charge is 2.45. The van der Waals surface area contributed by atoms with Crippen LogP contribution in [0.5, 0.6) is 0 Å². The number of carbonyl (C=O) groups excluding carboxylic acids is 1. The smallest absolute Gasteiger partial charge is 0.256 e. The van der Waals surface area contributed by atoms with Crippen molar-refractivity contribution >= 4 is 17.5 Å². The molecule has 0 saturated carbocycles. The summed E-state index contributed by atoms with van der Waals surface area (Å²) in [5.74, 6) is 2.36. The molecule has 2 saturated heterocycles. The van der Waals surface area contributed by atoms with Crippen molar-refractivity contribution in [2.45, 2.75) is 12.5 Å². The summed E-state index contributed by atoms with van der Waals surface area (Å²) >= 11 is 0. The van der Waals surface area contributed by atoms with Gasteiger partial charge in [0.15, 0.2) is 0 Å². The van der Waals surface area contributed by atoms with Crippen LogP contribution in [0.15, 0.2) is 49.1 Å². The Hall–Kier alpha value is -3.49. The van der Waals surface area contributed by atoms with Crippen molar-refractivity contribution in [3.05, 3.63) is 54.6 Å². The van der Waals surface area contributed by atoms with E-state index in [0.717, 1.165) is 37.7 Å². The third kappa shape index (κ3) is 3.16. The van der Waals surface area contributed by atoms with E-state index in [1.54, 1.807) is 18.7 Å². The first-order valence-corrected chi connectivity index (χ1v) is 10.1. The number of aromatic nitrogens is 5. The van der Waals surface area contributed by atoms with Gasteiger partial charge in [-0.1, -0.05) is 12.1 Å². The lowest BCUT2D eigenvalue weighted by Gasteiger charge is -2.53. The van der Waals surface area contributed by atoms with Crippen LogP contribution in [0.1, 0.15) is 16.8 Å². The van der Waals surface area contributed by atoms with Crippen molar-refractivity contribution in [1.82, 2.24) is 29.9 Å². The summed E-state index contributed by atoms with van der Waals surface area (Å²) in [5.41, 5.74) is 1.33. The van der Waals surface area contributed by atoms with Gasteiger partial charge >= 0.3 is 0 Å². The second-order valence-electron chi connectivity index (χ2n) is 7.98. The minimum Gasteiger partial charge on any atom is -0.363 e. The van der Waals surface area contributed by atoms with Crippen LogP contribution in [-0.2, 0) is 0 Å². The molecular formula is C21H24N8O. The molecule has 0 unspecified atom stereocenters. The maximum atomic E-state index is 13.4.